The van der Waals surface area contributed by atoms with Crippen LogP contribution in [0, 0.1) is 5.92 Å². The van der Waals surface area contributed by atoms with E-state index < -0.39 is 10.0 Å². The van der Waals surface area contributed by atoms with Gasteiger partial charge in [0.15, 0.2) is 8.68 Å². The van der Waals surface area contributed by atoms with Crippen molar-refractivity contribution in [1.29, 1.82) is 0 Å². The fourth-order valence-corrected chi connectivity index (χ4v) is 5.17. The summed E-state index contributed by atoms with van der Waals surface area (Å²) >= 11 is 6.73. The van der Waals surface area contributed by atoms with Gasteiger partial charge in [-0.2, -0.15) is 4.31 Å². The van der Waals surface area contributed by atoms with Gasteiger partial charge in [-0.25, -0.2) is 13.4 Å². The third-order valence-electron chi connectivity index (χ3n) is 3.60. The Morgan fingerprint density at radius 2 is 2.00 bits per heavy atom. The normalized spacial score (nSPS) is 22.8. The number of sulfonamides is 1. The maximum Gasteiger partial charge on any atom is 0.254 e. The van der Waals surface area contributed by atoms with Crippen LogP contribution in [0.25, 0.3) is 0 Å². The van der Waals surface area contributed by atoms with Gasteiger partial charge in [-0.05, 0) is 18.8 Å². The zero-order valence-electron chi connectivity index (χ0n) is 10.5. The van der Waals surface area contributed by atoms with Gasteiger partial charge < -0.3 is 4.90 Å². The number of hydrogen-bond acceptors (Lipinski definition) is 5. The zero-order chi connectivity index (χ0) is 13.5. The Labute approximate surface area is 122 Å². The van der Waals surface area contributed by atoms with E-state index in [4.69, 9.17) is 11.6 Å². The molecule has 3 rings (SSSR count). The van der Waals surface area contributed by atoms with Crippen molar-refractivity contribution < 1.29 is 8.42 Å². The monoisotopic (exact) mass is 321 g/mol. The molecule has 0 spiro atoms. The minimum atomic E-state index is -3.40. The molecular formula is C11H16ClN3O2S2. The van der Waals surface area contributed by atoms with Crippen LogP contribution in [0.4, 0.5) is 0 Å². The van der Waals surface area contributed by atoms with Crippen LogP contribution in [-0.2, 0) is 10.0 Å². The molecule has 0 aromatic carbocycles. The molecule has 1 saturated carbocycles. The SMILES string of the molecule is O=S(=O)(c1cnc(Cl)s1)N1CCN(CC2CC2)CC1. The Balaban J connectivity index is 1.63. The molecule has 1 aliphatic heterocycles. The standard InChI is InChI=1S/C11H16ClN3O2S2/c12-11-13-7-10(18-11)19(16,17)15-5-3-14(4-6-15)8-9-1-2-9/h7,9H,1-6,8H2. The first-order valence-electron chi connectivity index (χ1n) is 6.39. The number of thiazole rings is 1. The molecule has 2 fully saturated rings. The lowest BCUT2D eigenvalue weighted by atomic mass is 10.3. The summed E-state index contributed by atoms with van der Waals surface area (Å²) in [6.07, 6.45) is 4.01. The lowest BCUT2D eigenvalue weighted by Crippen LogP contribution is -2.48. The summed E-state index contributed by atoms with van der Waals surface area (Å²) < 4.78 is 26.8. The number of halogens is 1. The van der Waals surface area contributed by atoms with E-state index in [1.807, 2.05) is 0 Å². The Bertz CT molecular complexity index is 548. The van der Waals surface area contributed by atoms with Crippen molar-refractivity contribution >= 4 is 33.0 Å². The lowest BCUT2D eigenvalue weighted by molar-refractivity contribution is 0.182. The fraction of sp³-hybridized carbons (Fsp3) is 0.727. The van der Waals surface area contributed by atoms with Crippen LogP contribution in [0.3, 0.4) is 0 Å². The van der Waals surface area contributed by atoms with E-state index in [1.165, 1.54) is 19.0 Å². The largest absolute Gasteiger partial charge is 0.300 e. The second-order valence-electron chi connectivity index (χ2n) is 5.08. The first kappa shape index (κ1) is 13.8. The summed E-state index contributed by atoms with van der Waals surface area (Å²) in [4.78, 5) is 6.17. The Kier molecular flexibility index (Phi) is 3.83. The van der Waals surface area contributed by atoms with Crippen molar-refractivity contribution in [2.45, 2.75) is 17.1 Å². The van der Waals surface area contributed by atoms with Crippen LogP contribution in [-0.4, -0.2) is 55.3 Å². The predicted molar refractivity (Wildman–Crippen MR) is 75.0 cm³/mol. The molecule has 0 bridgehead atoms. The van der Waals surface area contributed by atoms with Gasteiger partial charge in [0.25, 0.3) is 10.0 Å². The molecule has 106 valence electrons. The highest BCUT2D eigenvalue weighted by atomic mass is 35.5. The van der Waals surface area contributed by atoms with E-state index in [2.05, 4.69) is 9.88 Å². The fourth-order valence-electron chi connectivity index (χ4n) is 2.30. The number of rotatable bonds is 4. The molecule has 2 aliphatic rings. The van der Waals surface area contributed by atoms with Crippen molar-refractivity contribution in [3.63, 3.8) is 0 Å². The van der Waals surface area contributed by atoms with Crippen LogP contribution in [0.5, 0.6) is 0 Å². The highest BCUT2D eigenvalue weighted by Gasteiger charge is 2.32. The van der Waals surface area contributed by atoms with Crippen LogP contribution in [0.2, 0.25) is 4.47 Å². The van der Waals surface area contributed by atoms with E-state index in [1.54, 1.807) is 4.31 Å². The summed E-state index contributed by atoms with van der Waals surface area (Å²) in [5, 5.41) is 0. The molecule has 0 N–H and O–H groups in total. The maximum absolute atomic E-state index is 12.4. The van der Waals surface area contributed by atoms with Gasteiger partial charge in [0.05, 0.1) is 6.20 Å². The van der Waals surface area contributed by atoms with Gasteiger partial charge in [-0.15, -0.1) is 0 Å². The molecule has 0 radical (unpaired) electrons. The van der Waals surface area contributed by atoms with Gasteiger partial charge in [-0.3, -0.25) is 0 Å². The zero-order valence-corrected chi connectivity index (χ0v) is 12.8. The molecular weight excluding hydrogens is 306 g/mol. The Morgan fingerprint density at radius 1 is 1.32 bits per heavy atom. The summed E-state index contributed by atoms with van der Waals surface area (Å²) in [7, 11) is -3.40. The quantitative estimate of drug-likeness (QED) is 0.843. The van der Waals surface area contributed by atoms with Crippen molar-refractivity contribution in [3.05, 3.63) is 10.7 Å². The Morgan fingerprint density at radius 3 is 2.53 bits per heavy atom. The van der Waals surface area contributed by atoms with E-state index in [0.29, 0.717) is 13.1 Å². The smallest absolute Gasteiger partial charge is 0.254 e. The average molecular weight is 322 g/mol. The first-order chi connectivity index (χ1) is 9.05. The molecule has 2 heterocycles. The van der Waals surface area contributed by atoms with E-state index in [0.717, 1.165) is 36.9 Å². The highest BCUT2D eigenvalue weighted by Crippen LogP contribution is 2.30. The minimum absolute atomic E-state index is 0.244. The molecule has 1 saturated heterocycles. The van der Waals surface area contributed by atoms with Crippen molar-refractivity contribution in [1.82, 2.24) is 14.2 Å². The van der Waals surface area contributed by atoms with E-state index >= 15 is 0 Å². The summed E-state index contributed by atoms with van der Waals surface area (Å²) in [6.45, 7) is 3.89. The molecule has 0 amide bonds. The van der Waals surface area contributed by atoms with E-state index in [9.17, 15) is 8.42 Å². The van der Waals surface area contributed by atoms with Gasteiger partial charge in [0.1, 0.15) is 0 Å². The third-order valence-corrected chi connectivity index (χ3v) is 7.05. The molecule has 0 unspecified atom stereocenters. The minimum Gasteiger partial charge on any atom is -0.300 e. The second-order valence-corrected chi connectivity index (χ2v) is 8.86. The molecule has 1 aliphatic carbocycles. The molecule has 8 heteroatoms. The number of hydrogen-bond donors (Lipinski definition) is 0. The van der Waals surface area contributed by atoms with Crippen LogP contribution in [0.1, 0.15) is 12.8 Å². The molecule has 5 nitrogen and oxygen atoms in total. The van der Waals surface area contributed by atoms with Crippen molar-refractivity contribution in [2.24, 2.45) is 5.92 Å². The second kappa shape index (κ2) is 5.29. The summed E-state index contributed by atoms with van der Waals surface area (Å²) in [5.41, 5.74) is 0. The summed E-state index contributed by atoms with van der Waals surface area (Å²) in [6, 6.07) is 0. The molecule has 1 aromatic rings. The molecule has 19 heavy (non-hydrogen) atoms. The van der Waals surface area contributed by atoms with Gasteiger partial charge in [-0.1, -0.05) is 22.9 Å². The van der Waals surface area contributed by atoms with Gasteiger partial charge in [0.2, 0.25) is 0 Å². The number of nitrogens with zero attached hydrogens (tertiary/aromatic N) is 3. The first-order valence-corrected chi connectivity index (χ1v) is 9.03. The lowest BCUT2D eigenvalue weighted by Gasteiger charge is -2.33. The van der Waals surface area contributed by atoms with Gasteiger partial charge >= 0.3 is 0 Å². The third kappa shape index (κ3) is 3.11. The summed E-state index contributed by atoms with van der Waals surface area (Å²) in [5.74, 6) is 0.850. The van der Waals surface area contributed by atoms with Crippen LogP contribution < -0.4 is 0 Å². The molecule has 1 aromatic heterocycles. The number of aromatic nitrogens is 1. The highest BCUT2D eigenvalue weighted by molar-refractivity contribution is 7.91. The van der Waals surface area contributed by atoms with Gasteiger partial charge in [0, 0.05) is 32.7 Å². The van der Waals surface area contributed by atoms with Crippen LogP contribution in [0.15, 0.2) is 10.4 Å². The molecule has 0 atom stereocenters. The predicted octanol–water partition coefficient (Wildman–Crippen LogP) is 1.51. The Hall–Kier alpha value is -0.210. The van der Waals surface area contributed by atoms with E-state index in [-0.39, 0.29) is 8.68 Å². The van der Waals surface area contributed by atoms with Crippen LogP contribution >= 0.6 is 22.9 Å². The topological polar surface area (TPSA) is 53.5 Å². The average Bonchev–Trinajstić information content (AvgIpc) is 3.08. The van der Waals surface area contributed by atoms with Crippen molar-refractivity contribution in [2.75, 3.05) is 32.7 Å². The maximum atomic E-state index is 12.4. The number of piperazine rings is 1. The van der Waals surface area contributed by atoms with Crippen molar-refractivity contribution in [3.8, 4) is 0 Å².